The van der Waals surface area contributed by atoms with Crippen LogP contribution in [-0.2, 0) is 4.74 Å². The summed E-state index contributed by atoms with van der Waals surface area (Å²) in [7, 11) is 0. The van der Waals surface area contributed by atoms with Gasteiger partial charge in [0.2, 0.25) is 18.5 Å². The number of benzene rings is 1. The first-order valence-corrected chi connectivity index (χ1v) is 10.2. The number of ether oxygens (including phenoxy) is 3. The maximum atomic E-state index is 10.2. The molecule has 29 heavy (non-hydrogen) atoms. The van der Waals surface area contributed by atoms with Crippen molar-refractivity contribution in [3.63, 3.8) is 0 Å². The monoisotopic (exact) mass is 405 g/mol. The number of hydrogen-bond acceptors (Lipinski definition) is 8. The Morgan fingerprint density at radius 3 is 2.72 bits per heavy atom. The average molecular weight is 405 g/mol. The summed E-state index contributed by atoms with van der Waals surface area (Å²) in [6, 6.07) is 5.41. The Labute approximate surface area is 171 Å². The first-order chi connectivity index (χ1) is 14.0. The van der Waals surface area contributed by atoms with Crippen molar-refractivity contribution in [1.29, 1.82) is 0 Å². The average Bonchev–Trinajstić information content (AvgIpc) is 3.36. The summed E-state index contributed by atoms with van der Waals surface area (Å²) < 4.78 is 21.8. The molecule has 160 valence electrons. The van der Waals surface area contributed by atoms with E-state index in [0.717, 1.165) is 12.0 Å². The third-order valence-corrected chi connectivity index (χ3v) is 4.89. The molecule has 2 heterocycles. The summed E-state index contributed by atoms with van der Waals surface area (Å²) >= 11 is 0. The largest absolute Gasteiger partial charge is 0.454 e. The molecule has 0 bridgehead atoms. The van der Waals surface area contributed by atoms with E-state index >= 15 is 0 Å². The molecule has 0 aliphatic carbocycles. The first-order valence-electron chi connectivity index (χ1n) is 10.2. The standard InChI is InChI=1S/C21H31N3O5/c1-5-14(4)19(22-9-16(25)11-26-10-13(2)3)21-23-20(24-29-21)15-6-7-17-18(8-15)28-12-27-17/h6-8,13-14,16,19,22,25H,5,9-12H2,1-4H3/t14-,16-,19+/m0/s1. The van der Waals surface area contributed by atoms with Gasteiger partial charge in [-0.25, -0.2) is 0 Å². The molecular formula is C21H31N3O5. The molecule has 2 aromatic rings. The van der Waals surface area contributed by atoms with E-state index in [2.05, 4.69) is 43.2 Å². The van der Waals surface area contributed by atoms with Crippen LogP contribution in [0.2, 0.25) is 0 Å². The molecule has 3 rings (SSSR count). The van der Waals surface area contributed by atoms with E-state index in [-0.39, 0.29) is 18.8 Å². The molecule has 0 fully saturated rings. The number of hydrogen-bond donors (Lipinski definition) is 2. The predicted octanol–water partition coefficient (Wildman–Crippen LogP) is 3.18. The lowest BCUT2D eigenvalue weighted by molar-refractivity contribution is 0.0234. The van der Waals surface area contributed by atoms with Crippen LogP contribution in [0.1, 0.15) is 46.0 Å². The maximum absolute atomic E-state index is 10.2. The van der Waals surface area contributed by atoms with Gasteiger partial charge in [0.05, 0.1) is 18.8 Å². The lowest BCUT2D eigenvalue weighted by Gasteiger charge is -2.22. The Kier molecular flexibility index (Phi) is 7.46. The van der Waals surface area contributed by atoms with Crippen molar-refractivity contribution in [2.24, 2.45) is 11.8 Å². The van der Waals surface area contributed by atoms with Gasteiger partial charge >= 0.3 is 0 Å². The fourth-order valence-electron chi connectivity index (χ4n) is 3.04. The van der Waals surface area contributed by atoms with Crippen molar-refractivity contribution in [3.05, 3.63) is 24.1 Å². The van der Waals surface area contributed by atoms with E-state index in [1.807, 2.05) is 18.2 Å². The molecule has 1 aromatic carbocycles. The maximum Gasteiger partial charge on any atom is 0.244 e. The second kappa shape index (κ2) is 10.0. The Balaban J connectivity index is 1.65. The summed E-state index contributed by atoms with van der Waals surface area (Å²) in [6.07, 6.45) is 0.329. The van der Waals surface area contributed by atoms with Crippen LogP contribution < -0.4 is 14.8 Å². The van der Waals surface area contributed by atoms with Gasteiger partial charge in [0.1, 0.15) is 0 Å². The van der Waals surface area contributed by atoms with Crippen LogP contribution in [0.3, 0.4) is 0 Å². The van der Waals surface area contributed by atoms with Crippen molar-refractivity contribution >= 4 is 0 Å². The molecule has 1 aromatic heterocycles. The van der Waals surface area contributed by atoms with E-state index in [9.17, 15) is 5.11 Å². The van der Waals surface area contributed by atoms with Crippen LogP contribution in [0.25, 0.3) is 11.4 Å². The smallest absolute Gasteiger partial charge is 0.244 e. The minimum atomic E-state index is -0.600. The Hall–Kier alpha value is -2.16. The third-order valence-electron chi connectivity index (χ3n) is 4.89. The zero-order chi connectivity index (χ0) is 20.8. The van der Waals surface area contributed by atoms with E-state index in [0.29, 0.717) is 48.9 Å². The van der Waals surface area contributed by atoms with Gasteiger partial charge in [-0.2, -0.15) is 4.98 Å². The van der Waals surface area contributed by atoms with Crippen LogP contribution in [0.5, 0.6) is 11.5 Å². The van der Waals surface area contributed by atoms with Crippen molar-refractivity contribution in [2.45, 2.75) is 46.3 Å². The Bertz CT molecular complexity index is 779. The predicted molar refractivity (Wildman–Crippen MR) is 108 cm³/mol. The van der Waals surface area contributed by atoms with E-state index in [1.165, 1.54) is 0 Å². The molecule has 0 saturated carbocycles. The number of rotatable bonds is 11. The van der Waals surface area contributed by atoms with Crippen molar-refractivity contribution in [2.75, 3.05) is 26.6 Å². The van der Waals surface area contributed by atoms with Gasteiger partial charge in [0, 0.05) is 18.7 Å². The number of aliphatic hydroxyl groups is 1. The summed E-state index contributed by atoms with van der Waals surface area (Å²) in [5.41, 5.74) is 0.800. The SMILES string of the molecule is CC[C@H](C)[C@@H](NC[C@H](O)COCC(C)C)c1nc(-c2ccc3c(c2)OCO3)no1. The van der Waals surface area contributed by atoms with E-state index in [1.54, 1.807) is 0 Å². The number of fused-ring (bicyclic) bond motifs is 1. The van der Waals surface area contributed by atoms with Crippen LogP contribution in [0, 0.1) is 11.8 Å². The van der Waals surface area contributed by atoms with Gasteiger partial charge in [-0.1, -0.05) is 39.3 Å². The first kappa shape index (κ1) is 21.5. The van der Waals surface area contributed by atoms with Gasteiger partial charge in [-0.3, -0.25) is 0 Å². The molecule has 8 heteroatoms. The van der Waals surface area contributed by atoms with Crippen molar-refractivity contribution in [3.8, 4) is 22.9 Å². The molecular weight excluding hydrogens is 374 g/mol. The van der Waals surface area contributed by atoms with Gasteiger partial charge in [0.25, 0.3) is 0 Å². The molecule has 0 saturated heterocycles. The van der Waals surface area contributed by atoms with Gasteiger partial charge in [0.15, 0.2) is 11.5 Å². The van der Waals surface area contributed by atoms with Gasteiger partial charge in [-0.05, 0) is 30.0 Å². The number of aliphatic hydroxyl groups excluding tert-OH is 1. The summed E-state index contributed by atoms with van der Waals surface area (Å²) in [4.78, 5) is 4.59. The number of nitrogens with one attached hydrogen (secondary N) is 1. The Morgan fingerprint density at radius 1 is 1.17 bits per heavy atom. The fraction of sp³-hybridized carbons (Fsp3) is 0.619. The van der Waals surface area contributed by atoms with E-state index < -0.39 is 6.10 Å². The molecule has 1 aliphatic rings. The third kappa shape index (κ3) is 5.68. The molecule has 0 unspecified atom stereocenters. The van der Waals surface area contributed by atoms with Crippen LogP contribution in [0.15, 0.2) is 22.7 Å². The zero-order valence-electron chi connectivity index (χ0n) is 17.6. The minimum absolute atomic E-state index is 0.157. The second-order valence-corrected chi connectivity index (χ2v) is 7.88. The Morgan fingerprint density at radius 2 is 1.97 bits per heavy atom. The second-order valence-electron chi connectivity index (χ2n) is 7.88. The molecule has 3 atom stereocenters. The lowest BCUT2D eigenvalue weighted by atomic mass is 9.99. The summed E-state index contributed by atoms with van der Waals surface area (Å²) in [5.74, 6) is 3.08. The van der Waals surface area contributed by atoms with Crippen molar-refractivity contribution < 1.29 is 23.8 Å². The molecule has 0 radical (unpaired) electrons. The highest BCUT2D eigenvalue weighted by atomic mass is 16.7. The van der Waals surface area contributed by atoms with Crippen LogP contribution in [0.4, 0.5) is 0 Å². The highest BCUT2D eigenvalue weighted by Crippen LogP contribution is 2.35. The number of nitrogens with zero attached hydrogens (tertiary/aromatic N) is 2. The normalized spacial score (nSPS) is 16.2. The molecule has 2 N–H and O–H groups in total. The van der Waals surface area contributed by atoms with Crippen molar-refractivity contribution in [1.82, 2.24) is 15.5 Å². The van der Waals surface area contributed by atoms with Gasteiger partial charge in [-0.15, -0.1) is 0 Å². The molecule has 0 amide bonds. The zero-order valence-corrected chi connectivity index (χ0v) is 17.6. The van der Waals surface area contributed by atoms with Gasteiger partial charge < -0.3 is 29.2 Å². The molecule has 0 spiro atoms. The van der Waals surface area contributed by atoms with Crippen LogP contribution >= 0.6 is 0 Å². The highest BCUT2D eigenvalue weighted by molar-refractivity contribution is 5.61. The molecule has 8 nitrogen and oxygen atoms in total. The van der Waals surface area contributed by atoms with Crippen LogP contribution in [-0.4, -0.2) is 47.9 Å². The lowest BCUT2D eigenvalue weighted by Crippen LogP contribution is -2.36. The summed E-state index contributed by atoms with van der Waals surface area (Å²) in [6.45, 7) is 9.92. The minimum Gasteiger partial charge on any atom is -0.454 e. The molecule has 1 aliphatic heterocycles. The fourth-order valence-corrected chi connectivity index (χ4v) is 3.04. The number of aromatic nitrogens is 2. The summed E-state index contributed by atoms with van der Waals surface area (Å²) in [5, 5.41) is 17.7. The quantitative estimate of drug-likeness (QED) is 0.588. The van der Waals surface area contributed by atoms with E-state index in [4.69, 9.17) is 18.7 Å². The topological polar surface area (TPSA) is 98.9 Å². The highest BCUT2D eigenvalue weighted by Gasteiger charge is 2.25.